The fourth-order valence-electron chi connectivity index (χ4n) is 1.83. The Bertz CT molecular complexity index is 379. The van der Waals surface area contributed by atoms with Gasteiger partial charge in [0.2, 0.25) is 0 Å². The molecule has 0 saturated carbocycles. The third-order valence-electron chi connectivity index (χ3n) is 2.87. The largest absolute Gasteiger partial charge is 0.357 e. The van der Waals surface area contributed by atoms with Crippen LogP contribution in [0.3, 0.4) is 0 Å². The van der Waals surface area contributed by atoms with E-state index in [-0.39, 0.29) is 0 Å². The smallest absolute Gasteiger partial charge is 0.191 e. The number of guanidine groups is 1. The molecule has 0 bridgehead atoms. The zero-order valence-corrected chi connectivity index (χ0v) is 12.7. The monoisotopic (exact) mass is 261 g/mol. The Hall–Kier alpha value is -1.51. The summed E-state index contributed by atoms with van der Waals surface area (Å²) in [6, 6.07) is 9.23. The molecule has 3 heteroatoms. The molecule has 0 fully saturated rings. The molecule has 0 saturated heterocycles. The minimum absolute atomic E-state index is 0.404. The fourth-order valence-corrected chi connectivity index (χ4v) is 1.83. The number of nitrogens with one attached hydrogen (secondary N) is 2. The van der Waals surface area contributed by atoms with Gasteiger partial charge < -0.3 is 10.6 Å². The van der Waals surface area contributed by atoms with Crippen LogP contribution >= 0.6 is 0 Å². The summed E-state index contributed by atoms with van der Waals surface area (Å²) < 4.78 is 0. The zero-order chi connectivity index (χ0) is 14.1. The molecule has 106 valence electrons. The molecule has 0 radical (unpaired) electrons. The van der Waals surface area contributed by atoms with Crippen molar-refractivity contribution < 1.29 is 0 Å². The molecule has 0 amide bonds. The van der Waals surface area contributed by atoms with E-state index >= 15 is 0 Å². The van der Waals surface area contributed by atoms with Crippen LogP contribution in [0.1, 0.15) is 38.8 Å². The topological polar surface area (TPSA) is 36.4 Å². The molecule has 0 aliphatic carbocycles. The predicted octanol–water partition coefficient (Wildman–Crippen LogP) is 2.76. The molecular weight excluding hydrogens is 234 g/mol. The summed E-state index contributed by atoms with van der Waals surface area (Å²) in [4.78, 5) is 4.59. The second-order valence-corrected chi connectivity index (χ2v) is 4.98. The second kappa shape index (κ2) is 8.57. The normalized spacial score (nSPS) is 11.7. The molecular formula is C16H27N3. The van der Waals surface area contributed by atoms with E-state index < -0.39 is 0 Å². The van der Waals surface area contributed by atoms with Crippen molar-refractivity contribution in [3.63, 3.8) is 0 Å². The number of hydrogen-bond donors (Lipinski definition) is 2. The van der Waals surface area contributed by atoms with Gasteiger partial charge in [0, 0.05) is 19.1 Å². The molecule has 1 aromatic carbocycles. The Labute approximate surface area is 117 Å². The van der Waals surface area contributed by atoms with Gasteiger partial charge in [0.1, 0.15) is 0 Å². The summed E-state index contributed by atoms with van der Waals surface area (Å²) >= 11 is 0. The summed E-state index contributed by atoms with van der Waals surface area (Å²) in [6.45, 7) is 10.2. The molecule has 0 aromatic heterocycles. The van der Waals surface area contributed by atoms with Crippen molar-refractivity contribution >= 4 is 5.96 Å². The molecule has 0 unspecified atom stereocenters. The van der Waals surface area contributed by atoms with Crippen LogP contribution in [0, 0.1) is 0 Å². The third-order valence-corrected chi connectivity index (χ3v) is 2.87. The molecule has 0 spiro atoms. The SMILES string of the molecule is CCNC(=NCCc1ccc(CC)cc1)NC(C)C. The van der Waals surface area contributed by atoms with Gasteiger partial charge in [0.25, 0.3) is 0 Å². The lowest BCUT2D eigenvalue weighted by molar-refractivity contribution is 0.700. The maximum absolute atomic E-state index is 4.59. The minimum Gasteiger partial charge on any atom is -0.357 e. The van der Waals surface area contributed by atoms with Gasteiger partial charge in [0.05, 0.1) is 0 Å². The van der Waals surface area contributed by atoms with Crippen molar-refractivity contribution in [2.45, 2.75) is 46.6 Å². The first kappa shape index (κ1) is 15.5. The summed E-state index contributed by atoms with van der Waals surface area (Å²) in [7, 11) is 0. The highest BCUT2D eigenvalue weighted by Gasteiger charge is 1.99. The molecule has 0 aliphatic heterocycles. The molecule has 1 aromatic rings. The van der Waals surface area contributed by atoms with Crippen molar-refractivity contribution in [1.82, 2.24) is 10.6 Å². The van der Waals surface area contributed by atoms with Crippen LogP contribution in [0.2, 0.25) is 0 Å². The van der Waals surface area contributed by atoms with Crippen molar-refractivity contribution in [2.75, 3.05) is 13.1 Å². The van der Waals surface area contributed by atoms with Gasteiger partial charge >= 0.3 is 0 Å². The third kappa shape index (κ3) is 6.27. The van der Waals surface area contributed by atoms with Crippen LogP contribution in [0.4, 0.5) is 0 Å². The molecule has 2 N–H and O–H groups in total. The average molecular weight is 261 g/mol. The zero-order valence-electron chi connectivity index (χ0n) is 12.7. The average Bonchev–Trinajstić information content (AvgIpc) is 2.39. The first-order valence-corrected chi connectivity index (χ1v) is 7.28. The summed E-state index contributed by atoms with van der Waals surface area (Å²) in [5.41, 5.74) is 2.74. The lowest BCUT2D eigenvalue weighted by Crippen LogP contribution is -2.41. The van der Waals surface area contributed by atoms with Gasteiger partial charge in [-0.1, -0.05) is 31.2 Å². The van der Waals surface area contributed by atoms with E-state index in [1.165, 1.54) is 11.1 Å². The first-order chi connectivity index (χ1) is 9.15. The molecule has 0 atom stereocenters. The number of benzene rings is 1. The minimum atomic E-state index is 0.404. The van der Waals surface area contributed by atoms with Crippen molar-refractivity contribution in [3.05, 3.63) is 35.4 Å². The number of rotatable bonds is 6. The fraction of sp³-hybridized carbons (Fsp3) is 0.562. The summed E-state index contributed by atoms with van der Waals surface area (Å²) in [6.07, 6.45) is 2.08. The van der Waals surface area contributed by atoms with Gasteiger partial charge in [-0.3, -0.25) is 4.99 Å². The second-order valence-electron chi connectivity index (χ2n) is 4.98. The van der Waals surface area contributed by atoms with Gasteiger partial charge in [-0.2, -0.15) is 0 Å². The molecule has 0 heterocycles. The summed E-state index contributed by atoms with van der Waals surface area (Å²) in [5, 5.41) is 6.58. The highest BCUT2D eigenvalue weighted by atomic mass is 15.2. The summed E-state index contributed by atoms with van der Waals surface area (Å²) in [5.74, 6) is 0.905. The highest BCUT2D eigenvalue weighted by molar-refractivity contribution is 5.79. The molecule has 1 rings (SSSR count). The Kier molecular flexibility index (Phi) is 7.01. The van der Waals surface area contributed by atoms with Crippen LogP contribution in [-0.4, -0.2) is 25.1 Å². The van der Waals surface area contributed by atoms with E-state index in [1.54, 1.807) is 0 Å². The van der Waals surface area contributed by atoms with E-state index in [1.807, 2.05) is 0 Å². The first-order valence-electron chi connectivity index (χ1n) is 7.28. The quantitative estimate of drug-likeness (QED) is 0.610. The maximum Gasteiger partial charge on any atom is 0.191 e. The van der Waals surface area contributed by atoms with Gasteiger partial charge in [-0.05, 0) is 44.7 Å². The van der Waals surface area contributed by atoms with Gasteiger partial charge in [-0.25, -0.2) is 0 Å². The Balaban J connectivity index is 2.48. The van der Waals surface area contributed by atoms with Crippen LogP contribution in [-0.2, 0) is 12.8 Å². The Morgan fingerprint density at radius 2 is 1.74 bits per heavy atom. The standard InChI is InChI=1S/C16H27N3/c1-5-14-7-9-15(10-8-14)11-12-18-16(17-6-2)19-13(3)4/h7-10,13H,5-6,11-12H2,1-4H3,(H2,17,18,19). The van der Waals surface area contributed by atoms with Crippen LogP contribution < -0.4 is 10.6 Å². The van der Waals surface area contributed by atoms with E-state index in [0.29, 0.717) is 6.04 Å². The predicted molar refractivity (Wildman–Crippen MR) is 83.8 cm³/mol. The lowest BCUT2D eigenvalue weighted by atomic mass is 10.1. The van der Waals surface area contributed by atoms with Crippen LogP contribution in [0.25, 0.3) is 0 Å². The van der Waals surface area contributed by atoms with Crippen molar-refractivity contribution in [1.29, 1.82) is 0 Å². The van der Waals surface area contributed by atoms with Gasteiger partial charge in [0.15, 0.2) is 5.96 Å². The lowest BCUT2D eigenvalue weighted by Gasteiger charge is -2.13. The van der Waals surface area contributed by atoms with Crippen LogP contribution in [0.5, 0.6) is 0 Å². The maximum atomic E-state index is 4.59. The molecule has 3 nitrogen and oxygen atoms in total. The Morgan fingerprint density at radius 1 is 1.11 bits per heavy atom. The number of hydrogen-bond acceptors (Lipinski definition) is 1. The number of nitrogens with zero attached hydrogens (tertiary/aromatic N) is 1. The number of aliphatic imine (C=N–C) groups is 1. The van der Waals surface area contributed by atoms with Crippen molar-refractivity contribution in [2.24, 2.45) is 4.99 Å². The van der Waals surface area contributed by atoms with Crippen LogP contribution in [0.15, 0.2) is 29.3 Å². The highest BCUT2D eigenvalue weighted by Crippen LogP contribution is 2.05. The van der Waals surface area contributed by atoms with E-state index in [0.717, 1.165) is 31.9 Å². The molecule has 0 aliphatic rings. The van der Waals surface area contributed by atoms with E-state index in [9.17, 15) is 0 Å². The van der Waals surface area contributed by atoms with E-state index in [4.69, 9.17) is 0 Å². The van der Waals surface area contributed by atoms with Gasteiger partial charge in [-0.15, -0.1) is 0 Å². The van der Waals surface area contributed by atoms with Crippen molar-refractivity contribution in [3.8, 4) is 0 Å². The molecule has 19 heavy (non-hydrogen) atoms. The van der Waals surface area contributed by atoms with E-state index in [2.05, 4.69) is 67.6 Å². The number of aryl methyl sites for hydroxylation is 1. The Morgan fingerprint density at radius 3 is 2.26 bits per heavy atom.